The molecule has 0 bridgehead atoms. The van der Waals surface area contributed by atoms with Crippen LogP contribution in [0.3, 0.4) is 0 Å². The van der Waals surface area contributed by atoms with Gasteiger partial charge in [0.2, 0.25) is 0 Å². The second-order valence-corrected chi connectivity index (χ2v) is 5.98. The Morgan fingerprint density at radius 3 is 2.80 bits per heavy atom. The number of anilines is 1. The molecule has 2 aromatic rings. The van der Waals surface area contributed by atoms with Crippen molar-refractivity contribution in [3.05, 3.63) is 35.7 Å². The van der Waals surface area contributed by atoms with E-state index in [-0.39, 0.29) is 0 Å². The topological polar surface area (TPSA) is 21.1 Å². The van der Waals surface area contributed by atoms with Gasteiger partial charge < -0.3 is 4.90 Å². The maximum atomic E-state index is 14.0. The Kier molecular flexibility index (Phi) is 3.51. The van der Waals surface area contributed by atoms with E-state index in [0.29, 0.717) is 0 Å². The van der Waals surface area contributed by atoms with E-state index in [2.05, 4.69) is 32.4 Å². The Hall–Kier alpha value is -1.41. The molecule has 0 radical (unpaired) electrons. The molecule has 1 aliphatic rings. The van der Waals surface area contributed by atoms with Crippen LogP contribution in [0, 0.1) is 0 Å². The molecule has 2 unspecified atom stereocenters. The van der Waals surface area contributed by atoms with Crippen molar-refractivity contribution in [3.8, 4) is 11.1 Å². The van der Waals surface area contributed by atoms with Crippen molar-refractivity contribution in [1.82, 2.24) is 9.78 Å². The molecule has 0 fully saturated rings. The number of nitrogens with zero attached hydrogens (tertiary/aromatic N) is 3. The summed E-state index contributed by atoms with van der Waals surface area (Å²) in [6, 6.07) is 4.13. The predicted molar refractivity (Wildman–Crippen MR) is 83.8 cm³/mol. The van der Waals surface area contributed by atoms with Gasteiger partial charge in [0.25, 0.3) is 0 Å². The molecule has 0 saturated carbocycles. The summed E-state index contributed by atoms with van der Waals surface area (Å²) in [5, 5.41) is 4.20. The minimum Gasteiger partial charge on any atom is -0.374 e. The SMILES string of the molecule is CN1CCCc2cc(-c3cnn(C)c3)c(C(F)P)cc21. The molecule has 0 spiro atoms. The summed E-state index contributed by atoms with van der Waals surface area (Å²) in [5.74, 6) is -1.06. The summed E-state index contributed by atoms with van der Waals surface area (Å²) >= 11 is 0. The predicted octanol–water partition coefficient (Wildman–Crippen LogP) is 3.31. The molecule has 3 nitrogen and oxygen atoms in total. The average molecular weight is 291 g/mol. The Morgan fingerprint density at radius 2 is 2.15 bits per heavy atom. The third kappa shape index (κ3) is 2.33. The van der Waals surface area contributed by atoms with Crippen LogP contribution in [0.25, 0.3) is 11.1 Å². The zero-order valence-electron chi connectivity index (χ0n) is 11.8. The van der Waals surface area contributed by atoms with Crippen LogP contribution in [0.5, 0.6) is 0 Å². The normalized spacial score (nSPS) is 16.1. The number of alkyl halides is 1. The van der Waals surface area contributed by atoms with E-state index in [0.717, 1.165) is 41.8 Å². The monoisotopic (exact) mass is 291 g/mol. The highest BCUT2D eigenvalue weighted by Crippen LogP contribution is 2.39. The summed E-state index contributed by atoms with van der Waals surface area (Å²) in [6.07, 6.45) is 5.94. The van der Waals surface area contributed by atoms with E-state index in [4.69, 9.17) is 0 Å². The van der Waals surface area contributed by atoms with E-state index in [1.54, 1.807) is 10.9 Å². The maximum absolute atomic E-state index is 14.0. The van der Waals surface area contributed by atoms with Gasteiger partial charge in [-0.3, -0.25) is 4.68 Å². The van der Waals surface area contributed by atoms with E-state index in [1.165, 1.54) is 5.56 Å². The third-order valence-electron chi connectivity index (χ3n) is 3.91. The molecule has 0 aliphatic carbocycles. The zero-order valence-corrected chi connectivity index (χ0v) is 13.0. The first-order valence-electron chi connectivity index (χ1n) is 6.83. The lowest BCUT2D eigenvalue weighted by Gasteiger charge is -2.29. The number of hydrogen-bond acceptors (Lipinski definition) is 2. The number of hydrogen-bond donors (Lipinski definition) is 0. The fourth-order valence-corrected chi connectivity index (χ4v) is 3.15. The summed E-state index contributed by atoms with van der Waals surface area (Å²) in [5.41, 5.74) is 5.10. The smallest absolute Gasteiger partial charge is 0.139 e. The van der Waals surface area contributed by atoms with Crippen molar-refractivity contribution in [2.45, 2.75) is 18.8 Å². The molecule has 2 heterocycles. The third-order valence-corrected chi connectivity index (χ3v) is 4.27. The van der Waals surface area contributed by atoms with E-state index in [9.17, 15) is 4.39 Å². The quantitative estimate of drug-likeness (QED) is 0.792. The largest absolute Gasteiger partial charge is 0.374 e. The van der Waals surface area contributed by atoms with Gasteiger partial charge in [0.1, 0.15) is 5.91 Å². The molecule has 106 valence electrons. The Balaban J connectivity index is 2.18. The van der Waals surface area contributed by atoms with E-state index in [1.807, 2.05) is 19.3 Å². The molecule has 5 heteroatoms. The highest BCUT2D eigenvalue weighted by Gasteiger charge is 2.20. The molecule has 1 aromatic heterocycles. The minimum absolute atomic E-state index is 0.718. The molecule has 3 rings (SSSR count). The fourth-order valence-electron chi connectivity index (χ4n) is 2.87. The average Bonchev–Trinajstić information content (AvgIpc) is 2.84. The first-order valence-corrected chi connectivity index (χ1v) is 7.49. The van der Waals surface area contributed by atoms with Crippen LogP contribution in [0.15, 0.2) is 24.5 Å². The number of benzene rings is 1. The van der Waals surface area contributed by atoms with Crippen LogP contribution >= 0.6 is 9.24 Å². The highest BCUT2D eigenvalue weighted by atomic mass is 31.0. The molecule has 20 heavy (non-hydrogen) atoms. The number of aromatic nitrogens is 2. The molecule has 0 N–H and O–H groups in total. The fraction of sp³-hybridized carbons (Fsp3) is 0.400. The van der Waals surface area contributed by atoms with Crippen LogP contribution in [0.1, 0.15) is 23.5 Å². The van der Waals surface area contributed by atoms with Gasteiger partial charge in [-0.05, 0) is 41.7 Å². The van der Waals surface area contributed by atoms with E-state index < -0.39 is 5.91 Å². The molecular formula is C15H19FN3P. The molecule has 1 aliphatic heterocycles. The van der Waals surface area contributed by atoms with Gasteiger partial charge in [-0.25, -0.2) is 4.39 Å². The second-order valence-electron chi connectivity index (χ2n) is 5.40. The molecular weight excluding hydrogens is 272 g/mol. The minimum atomic E-state index is -1.06. The van der Waals surface area contributed by atoms with Crippen LogP contribution < -0.4 is 4.90 Å². The number of halogens is 1. The van der Waals surface area contributed by atoms with Gasteiger partial charge in [-0.15, -0.1) is 0 Å². The Labute approximate surface area is 121 Å². The summed E-state index contributed by atoms with van der Waals surface area (Å²) in [6.45, 7) is 1.03. The van der Waals surface area contributed by atoms with Crippen molar-refractivity contribution in [3.63, 3.8) is 0 Å². The van der Waals surface area contributed by atoms with Gasteiger partial charge in [0.05, 0.1) is 6.20 Å². The summed E-state index contributed by atoms with van der Waals surface area (Å²) < 4.78 is 15.8. The molecule has 0 saturated heterocycles. The number of aryl methyl sites for hydroxylation is 2. The summed E-state index contributed by atoms with van der Waals surface area (Å²) in [4.78, 5) is 2.21. The van der Waals surface area contributed by atoms with Crippen molar-refractivity contribution >= 4 is 14.9 Å². The first-order chi connectivity index (χ1) is 9.56. The van der Waals surface area contributed by atoms with Gasteiger partial charge in [-0.2, -0.15) is 5.10 Å². The second kappa shape index (κ2) is 5.17. The number of fused-ring (bicyclic) bond motifs is 1. The van der Waals surface area contributed by atoms with Crippen LogP contribution in [-0.2, 0) is 13.5 Å². The first kappa shape index (κ1) is 13.6. The van der Waals surface area contributed by atoms with Crippen molar-refractivity contribution in [1.29, 1.82) is 0 Å². The Bertz CT molecular complexity index is 636. The van der Waals surface area contributed by atoms with Gasteiger partial charge in [0, 0.05) is 38.1 Å². The lowest BCUT2D eigenvalue weighted by Crippen LogP contribution is -2.24. The van der Waals surface area contributed by atoms with Crippen LogP contribution in [-0.4, -0.2) is 23.4 Å². The van der Waals surface area contributed by atoms with Crippen molar-refractivity contribution in [2.24, 2.45) is 7.05 Å². The highest BCUT2D eigenvalue weighted by molar-refractivity contribution is 7.16. The molecule has 1 aromatic carbocycles. The summed E-state index contributed by atoms with van der Waals surface area (Å²) in [7, 11) is 6.20. The van der Waals surface area contributed by atoms with Gasteiger partial charge in [-0.1, -0.05) is 9.24 Å². The standard InChI is InChI=1S/C15H19FN3P/c1-18-5-3-4-10-6-12(11-8-17-19(2)9-11)13(15(16)20)7-14(10)18/h6-9,15H,3-5,20H2,1-2H3. The van der Waals surface area contributed by atoms with Crippen LogP contribution in [0.4, 0.5) is 10.1 Å². The van der Waals surface area contributed by atoms with E-state index >= 15 is 0 Å². The van der Waals surface area contributed by atoms with Crippen molar-refractivity contribution < 1.29 is 4.39 Å². The lowest BCUT2D eigenvalue weighted by atomic mass is 9.93. The molecule has 0 amide bonds. The van der Waals surface area contributed by atoms with Gasteiger partial charge in [0.15, 0.2) is 0 Å². The molecule has 2 atom stereocenters. The zero-order chi connectivity index (χ0) is 14.3. The maximum Gasteiger partial charge on any atom is 0.139 e. The van der Waals surface area contributed by atoms with Crippen molar-refractivity contribution in [2.75, 3.05) is 18.5 Å². The van der Waals surface area contributed by atoms with Crippen LogP contribution in [0.2, 0.25) is 0 Å². The Morgan fingerprint density at radius 1 is 1.35 bits per heavy atom. The lowest BCUT2D eigenvalue weighted by molar-refractivity contribution is 0.469. The van der Waals surface area contributed by atoms with Gasteiger partial charge >= 0.3 is 0 Å². The number of rotatable bonds is 2.